The van der Waals surface area contributed by atoms with Crippen molar-refractivity contribution in [1.82, 2.24) is 14.7 Å². The standard InChI is InChI=1S/C19H27ClN4O3/c1-15(19(26)21-17-4-2-3-16(20)13-17)23-7-5-22(6-8-23)14-18(25)24-9-11-27-12-10-24/h2-4,13,15H,5-12,14H2,1H3,(H,21,26)/t15-/m0/s1. The smallest absolute Gasteiger partial charge is 0.241 e. The number of carbonyl (C=O) groups excluding carboxylic acids is 2. The lowest BCUT2D eigenvalue weighted by Crippen LogP contribution is -2.55. The van der Waals surface area contributed by atoms with Crippen molar-refractivity contribution in [1.29, 1.82) is 0 Å². The molecule has 0 radical (unpaired) electrons. The maximum absolute atomic E-state index is 12.5. The van der Waals surface area contributed by atoms with Crippen molar-refractivity contribution < 1.29 is 14.3 Å². The fourth-order valence-corrected chi connectivity index (χ4v) is 3.58. The minimum Gasteiger partial charge on any atom is -0.378 e. The second kappa shape index (κ2) is 9.50. The summed E-state index contributed by atoms with van der Waals surface area (Å²) in [5.74, 6) is 0.119. The average Bonchev–Trinajstić information content (AvgIpc) is 2.68. The number of ether oxygens (including phenoxy) is 1. The number of morpholine rings is 1. The van der Waals surface area contributed by atoms with E-state index >= 15 is 0 Å². The van der Waals surface area contributed by atoms with Crippen LogP contribution in [0.25, 0.3) is 0 Å². The third kappa shape index (κ3) is 5.65. The zero-order valence-corrected chi connectivity index (χ0v) is 16.5. The summed E-state index contributed by atoms with van der Waals surface area (Å²) in [6, 6.07) is 6.92. The molecule has 0 aliphatic carbocycles. The summed E-state index contributed by atoms with van der Waals surface area (Å²) < 4.78 is 5.29. The number of hydrogen-bond donors (Lipinski definition) is 1. The molecule has 0 aromatic heterocycles. The van der Waals surface area contributed by atoms with Crippen LogP contribution in [0, 0.1) is 0 Å². The molecule has 1 N–H and O–H groups in total. The van der Waals surface area contributed by atoms with E-state index in [0.717, 1.165) is 26.2 Å². The van der Waals surface area contributed by atoms with Crippen molar-refractivity contribution in [2.45, 2.75) is 13.0 Å². The zero-order chi connectivity index (χ0) is 19.2. The molecule has 2 heterocycles. The van der Waals surface area contributed by atoms with Gasteiger partial charge in [0.2, 0.25) is 11.8 Å². The molecule has 3 rings (SSSR count). The molecule has 0 bridgehead atoms. The minimum absolute atomic E-state index is 0.0462. The van der Waals surface area contributed by atoms with E-state index in [2.05, 4.69) is 15.1 Å². The van der Waals surface area contributed by atoms with Crippen LogP contribution in [-0.4, -0.2) is 91.6 Å². The van der Waals surface area contributed by atoms with E-state index in [0.29, 0.717) is 43.6 Å². The lowest BCUT2D eigenvalue weighted by Gasteiger charge is -2.38. The summed E-state index contributed by atoms with van der Waals surface area (Å²) in [6.07, 6.45) is 0. The molecule has 27 heavy (non-hydrogen) atoms. The summed E-state index contributed by atoms with van der Waals surface area (Å²) in [5.41, 5.74) is 0.703. The number of halogens is 1. The highest BCUT2D eigenvalue weighted by molar-refractivity contribution is 6.30. The lowest BCUT2D eigenvalue weighted by atomic mass is 10.2. The van der Waals surface area contributed by atoms with E-state index in [9.17, 15) is 9.59 Å². The molecule has 0 unspecified atom stereocenters. The highest BCUT2D eigenvalue weighted by atomic mass is 35.5. The molecular weight excluding hydrogens is 368 g/mol. The molecule has 0 saturated carbocycles. The third-order valence-electron chi connectivity index (χ3n) is 5.15. The van der Waals surface area contributed by atoms with Crippen LogP contribution in [0.15, 0.2) is 24.3 Å². The summed E-state index contributed by atoms with van der Waals surface area (Å²) in [6.45, 7) is 8.05. The molecule has 148 valence electrons. The fraction of sp³-hybridized carbons (Fsp3) is 0.579. The Hall–Kier alpha value is -1.67. The molecule has 2 saturated heterocycles. The first-order chi connectivity index (χ1) is 13.0. The van der Waals surface area contributed by atoms with Crippen LogP contribution >= 0.6 is 11.6 Å². The number of nitrogens with zero attached hydrogens (tertiary/aromatic N) is 3. The average molecular weight is 395 g/mol. The molecular formula is C19H27ClN4O3. The molecule has 2 aliphatic rings. The van der Waals surface area contributed by atoms with Crippen molar-refractivity contribution in [2.24, 2.45) is 0 Å². The SMILES string of the molecule is C[C@@H](C(=O)Nc1cccc(Cl)c1)N1CCN(CC(=O)N2CCOCC2)CC1. The molecule has 0 spiro atoms. The monoisotopic (exact) mass is 394 g/mol. The van der Waals surface area contributed by atoms with Gasteiger partial charge in [-0.3, -0.25) is 19.4 Å². The second-order valence-corrected chi connectivity index (χ2v) is 7.42. The van der Waals surface area contributed by atoms with Crippen molar-refractivity contribution in [2.75, 3.05) is 64.3 Å². The molecule has 7 nitrogen and oxygen atoms in total. The predicted octanol–water partition coefficient (Wildman–Crippen LogP) is 1.14. The van der Waals surface area contributed by atoms with Gasteiger partial charge in [-0.15, -0.1) is 0 Å². The Kier molecular flexibility index (Phi) is 7.07. The van der Waals surface area contributed by atoms with Crippen molar-refractivity contribution in [3.05, 3.63) is 29.3 Å². The number of anilines is 1. The normalized spacial score (nSPS) is 20.3. The van der Waals surface area contributed by atoms with Gasteiger partial charge in [-0.1, -0.05) is 17.7 Å². The minimum atomic E-state index is -0.235. The van der Waals surface area contributed by atoms with Gasteiger partial charge in [-0.25, -0.2) is 0 Å². The maximum atomic E-state index is 12.5. The third-order valence-corrected chi connectivity index (χ3v) is 5.38. The Balaban J connectivity index is 1.43. The van der Waals surface area contributed by atoms with E-state index in [1.165, 1.54) is 0 Å². The topological polar surface area (TPSA) is 65.1 Å². The summed E-state index contributed by atoms with van der Waals surface area (Å²) in [7, 11) is 0. The number of carbonyl (C=O) groups is 2. The number of rotatable bonds is 5. The van der Waals surface area contributed by atoms with E-state index < -0.39 is 0 Å². The van der Waals surface area contributed by atoms with Crippen LogP contribution in [0.2, 0.25) is 5.02 Å². The Labute approximate surface area is 165 Å². The van der Waals surface area contributed by atoms with Gasteiger partial charge in [-0.05, 0) is 25.1 Å². The van der Waals surface area contributed by atoms with Crippen LogP contribution in [0.5, 0.6) is 0 Å². The van der Waals surface area contributed by atoms with Crippen LogP contribution < -0.4 is 5.32 Å². The van der Waals surface area contributed by atoms with Crippen LogP contribution in [-0.2, 0) is 14.3 Å². The highest BCUT2D eigenvalue weighted by Gasteiger charge is 2.27. The molecule has 8 heteroatoms. The number of benzene rings is 1. The Morgan fingerprint density at radius 2 is 1.85 bits per heavy atom. The van der Waals surface area contributed by atoms with Crippen molar-refractivity contribution in [3.63, 3.8) is 0 Å². The molecule has 2 fully saturated rings. The van der Waals surface area contributed by atoms with E-state index in [1.807, 2.05) is 24.0 Å². The largest absolute Gasteiger partial charge is 0.378 e. The first-order valence-electron chi connectivity index (χ1n) is 9.41. The number of piperazine rings is 1. The van der Waals surface area contributed by atoms with E-state index in [-0.39, 0.29) is 17.9 Å². The van der Waals surface area contributed by atoms with Gasteiger partial charge in [0.15, 0.2) is 0 Å². The van der Waals surface area contributed by atoms with Gasteiger partial charge in [-0.2, -0.15) is 0 Å². The van der Waals surface area contributed by atoms with Gasteiger partial charge in [0.1, 0.15) is 0 Å². The summed E-state index contributed by atoms with van der Waals surface area (Å²) in [5, 5.41) is 3.51. The summed E-state index contributed by atoms with van der Waals surface area (Å²) in [4.78, 5) is 31.1. The Morgan fingerprint density at radius 1 is 1.15 bits per heavy atom. The van der Waals surface area contributed by atoms with Crippen molar-refractivity contribution >= 4 is 29.1 Å². The molecule has 1 aromatic carbocycles. The Morgan fingerprint density at radius 3 is 2.52 bits per heavy atom. The van der Waals surface area contributed by atoms with Crippen LogP contribution in [0.3, 0.4) is 0 Å². The van der Waals surface area contributed by atoms with E-state index in [1.54, 1.807) is 12.1 Å². The molecule has 2 aliphatic heterocycles. The van der Waals surface area contributed by atoms with Gasteiger partial charge in [0.25, 0.3) is 0 Å². The fourth-order valence-electron chi connectivity index (χ4n) is 3.39. The molecule has 2 amide bonds. The first-order valence-corrected chi connectivity index (χ1v) is 9.79. The van der Waals surface area contributed by atoms with Crippen LogP contribution in [0.1, 0.15) is 6.92 Å². The Bertz CT molecular complexity index is 658. The van der Waals surface area contributed by atoms with Gasteiger partial charge in [0.05, 0.1) is 25.8 Å². The van der Waals surface area contributed by atoms with Gasteiger partial charge in [0, 0.05) is 50.0 Å². The molecule has 1 atom stereocenters. The zero-order valence-electron chi connectivity index (χ0n) is 15.7. The van der Waals surface area contributed by atoms with E-state index in [4.69, 9.17) is 16.3 Å². The van der Waals surface area contributed by atoms with Gasteiger partial charge < -0.3 is 15.0 Å². The quantitative estimate of drug-likeness (QED) is 0.811. The summed E-state index contributed by atoms with van der Waals surface area (Å²) >= 11 is 5.97. The van der Waals surface area contributed by atoms with Gasteiger partial charge >= 0.3 is 0 Å². The first kappa shape index (κ1) is 20.1. The van der Waals surface area contributed by atoms with Crippen LogP contribution in [0.4, 0.5) is 5.69 Å². The maximum Gasteiger partial charge on any atom is 0.241 e. The highest BCUT2D eigenvalue weighted by Crippen LogP contribution is 2.16. The number of amides is 2. The molecule has 1 aromatic rings. The second-order valence-electron chi connectivity index (χ2n) is 6.98. The predicted molar refractivity (Wildman–Crippen MR) is 105 cm³/mol. The lowest BCUT2D eigenvalue weighted by molar-refractivity contribution is -0.137. The van der Waals surface area contributed by atoms with Crippen molar-refractivity contribution in [3.8, 4) is 0 Å². The number of nitrogens with one attached hydrogen (secondary N) is 1. The number of hydrogen-bond acceptors (Lipinski definition) is 5.